The zero-order valence-electron chi connectivity index (χ0n) is 25.2. The summed E-state index contributed by atoms with van der Waals surface area (Å²) in [6, 6.07) is 5.32. The van der Waals surface area contributed by atoms with Gasteiger partial charge in [-0.25, -0.2) is 4.79 Å². The molecule has 0 heterocycles. The van der Waals surface area contributed by atoms with E-state index in [0.29, 0.717) is 41.4 Å². The minimum atomic E-state index is -0.517. The van der Waals surface area contributed by atoms with Crippen LogP contribution in [0.15, 0.2) is 24.8 Å². The van der Waals surface area contributed by atoms with Crippen molar-refractivity contribution in [3.8, 4) is 11.5 Å². The normalized spacial score (nSPS) is 13.7. The van der Waals surface area contributed by atoms with Gasteiger partial charge in [0.2, 0.25) is 0 Å². The van der Waals surface area contributed by atoms with Crippen molar-refractivity contribution in [2.75, 3.05) is 33.9 Å². The topological polar surface area (TPSA) is 63.2 Å². The maximum Gasteiger partial charge on any atom is 0.338 e. The third-order valence-corrected chi connectivity index (χ3v) is 7.42. The Morgan fingerprint density at radius 3 is 2.03 bits per heavy atom. The number of methoxy groups -OCH3 is 1. The van der Waals surface area contributed by atoms with E-state index >= 15 is 0 Å². The molecule has 0 aromatic heterocycles. The van der Waals surface area contributed by atoms with E-state index in [1.807, 2.05) is 0 Å². The molecule has 0 fully saturated rings. The molecule has 0 spiro atoms. The lowest BCUT2D eigenvalue weighted by Gasteiger charge is -2.30. The van der Waals surface area contributed by atoms with Crippen molar-refractivity contribution in [2.45, 2.75) is 92.9 Å². The van der Waals surface area contributed by atoms with E-state index in [9.17, 15) is 4.79 Å². The van der Waals surface area contributed by atoms with Crippen LogP contribution >= 0.6 is 0 Å². The lowest BCUT2D eigenvalue weighted by Crippen LogP contribution is -2.25. The summed E-state index contributed by atoms with van der Waals surface area (Å²) in [6.45, 7) is 18.2. The zero-order chi connectivity index (χ0) is 28.3. The minimum absolute atomic E-state index is 0.0374. The molecule has 0 saturated heterocycles. The Bertz CT molecular complexity index is 790. The van der Waals surface area contributed by atoms with Crippen LogP contribution in [0.1, 0.15) is 98.5 Å². The second kappa shape index (κ2) is 19.9. The Morgan fingerprint density at radius 2 is 1.47 bits per heavy atom. The van der Waals surface area contributed by atoms with E-state index in [4.69, 9.17) is 23.7 Å². The molecule has 1 rings (SSSR count). The van der Waals surface area contributed by atoms with Crippen molar-refractivity contribution in [2.24, 2.45) is 23.7 Å². The van der Waals surface area contributed by atoms with Crippen LogP contribution in [0.2, 0.25) is 0 Å². The molecule has 0 saturated carbocycles. The van der Waals surface area contributed by atoms with Gasteiger partial charge in [-0.15, -0.1) is 0 Å². The largest absolute Gasteiger partial charge is 0.467 e. The van der Waals surface area contributed by atoms with Crippen LogP contribution in [0.3, 0.4) is 0 Å². The monoisotopic (exact) mass is 534 g/mol. The predicted octanol–water partition coefficient (Wildman–Crippen LogP) is 8.28. The number of esters is 1. The average molecular weight is 535 g/mol. The van der Waals surface area contributed by atoms with Gasteiger partial charge in [0.25, 0.3) is 0 Å². The molecule has 1 aromatic carbocycles. The molecule has 6 nitrogen and oxygen atoms in total. The van der Waals surface area contributed by atoms with Gasteiger partial charge in [-0.05, 0) is 42.7 Å². The number of carbonyl (C=O) groups is 1. The molecule has 1 aromatic rings. The highest BCUT2D eigenvalue weighted by molar-refractivity contribution is 6.17. The van der Waals surface area contributed by atoms with Crippen molar-refractivity contribution in [1.29, 1.82) is 0 Å². The van der Waals surface area contributed by atoms with Gasteiger partial charge < -0.3 is 23.7 Å². The highest BCUT2D eigenvalue weighted by Gasteiger charge is 2.24. The Labute approximate surface area is 232 Å². The van der Waals surface area contributed by atoms with Crippen LogP contribution < -0.4 is 9.47 Å². The number of rotatable bonds is 22. The molecule has 3 atom stereocenters. The lowest BCUT2D eigenvalue weighted by molar-refractivity contribution is -0.136. The second-order valence-corrected chi connectivity index (χ2v) is 10.6. The molecule has 0 amide bonds. The Morgan fingerprint density at radius 1 is 0.868 bits per heavy atom. The molecule has 6 heteroatoms. The summed E-state index contributed by atoms with van der Waals surface area (Å²) in [4.78, 5) is 12.4. The zero-order valence-corrected chi connectivity index (χ0v) is 25.2. The fourth-order valence-electron chi connectivity index (χ4n) is 4.97. The van der Waals surface area contributed by atoms with E-state index in [1.54, 1.807) is 25.1 Å². The van der Waals surface area contributed by atoms with Crippen molar-refractivity contribution >= 4 is 11.5 Å². The SMILES string of the molecule is C=C(C(=O)OCC)c1c(OCOC)cccc1OCOCC(CC)C(C)C(CC)CCCCCCC(C)C. The van der Waals surface area contributed by atoms with Gasteiger partial charge in [-0.2, -0.15) is 0 Å². The van der Waals surface area contributed by atoms with E-state index in [0.717, 1.165) is 12.3 Å². The summed E-state index contributed by atoms with van der Waals surface area (Å²) < 4.78 is 27.8. The third-order valence-electron chi connectivity index (χ3n) is 7.42. The van der Waals surface area contributed by atoms with Gasteiger partial charge in [0.1, 0.15) is 11.5 Å². The maximum atomic E-state index is 12.4. The van der Waals surface area contributed by atoms with Crippen LogP contribution in [0.25, 0.3) is 5.57 Å². The summed E-state index contributed by atoms with van der Waals surface area (Å²) in [5.41, 5.74) is 0.620. The standard InChI is InChI=1S/C32H54O6/c1-9-27(18-15-13-12-14-17-24(4)5)25(6)28(10-2)21-35-23-38-30-20-16-19-29(37-22-34-8)31(30)26(7)32(33)36-11-3/h16,19-20,24-25,27-28H,7,9-15,17-18,21-23H2,1-6,8H3. The highest BCUT2D eigenvalue weighted by Crippen LogP contribution is 2.35. The molecular formula is C32H54O6. The lowest BCUT2D eigenvalue weighted by atomic mass is 9.78. The average Bonchev–Trinajstić information content (AvgIpc) is 2.90. The molecule has 0 bridgehead atoms. The molecule has 0 aliphatic carbocycles. The van der Waals surface area contributed by atoms with E-state index in [2.05, 4.69) is 41.2 Å². The van der Waals surface area contributed by atoms with Crippen molar-refractivity contribution in [1.82, 2.24) is 0 Å². The van der Waals surface area contributed by atoms with Gasteiger partial charge >= 0.3 is 5.97 Å². The Balaban J connectivity index is 2.69. The van der Waals surface area contributed by atoms with Gasteiger partial charge in [-0.1, -0.05) is 98.6 Å². The van der Waals surface area contributed by atoms with Gasteiger partial charge in [0.15, 0.2) is 13.6 Å². The van der Waals surface area contributed by atoms with Crippen molar-refractivity contribution in [3.63, 3.8) is 0 Å². The molecule has 218 valence electrons. The van der Waals surface area contributed by atoms with Crippen LogP contribution in [0.5, 0.6) is 11.5 Å². The summed E-state index contributed by atoms with van der Waals surface area (Å²) in [6.07, 6.45) is 10.3. The van der Waals surface area contributed by atoms with Crippen molar-refractivity contribution < 1.29 is 28.5 Å². The molecule has 38 heavy (non-hydrogen) atoms. The number of unbranched alkanes of at least 4 members (excludes halogenated alkanes) is 3. The molecular weight excluding hydrogens is 480 g/mol. The predicted molar refractivity (Wildman–Crippen MR) is 155 cm³/mol. The first kappa shape index (κ1) is 34.0. The highest BCUT2D eigenvalue weighted by atomic mass is 16.7. The number of hydrogen-bond donors (Lipinski definition) is 0. The van der Waals surface area contributed by atoms with Gasteiger partial charge in [0.05, 0.1) is 24.4 Å². The first-order valence-corrected chi connectivity index (χ1v) is 14.6. The number of ether oxygens (including phenoxy) is 5. The van der Waals surface area contributed by atoms with Gasteiger partial charge in [0, 0.05) is 7.11 Å². The quantitative estimate of drug-likeness (QED) is 0.0645. The van der Waals surface area contributed by atoms with E-state index in [-0.39, 0.29) is 25.8 Å². The van der Waals surface area contributed by atoms with Crippen LogP contribution in [-0.4, -0.2) is 39.9 Å². The van der Waals surface area contributed by atoms with Gasteiger partial charge in [-0.3, -0.25) is 0 Å². The van der Waals surface area contributed by atoms with E-state index < -0.39 is 5.97 Å². The fourth-order valence-corrected chi connectivity index (χ4v) is 4.97. The first-order chi connectivity index (χ1) is 18.3. The minimum Gasteiger partial charge on any atom is -0.467 e. The van der Waals surface area contributed by atoms with Crippen LogP contribution in [-0.2, 0) is 19.0 Å². The van der Waals surface area contributed by atoms with Crippen LogP contribution in [0.4, 0.5) is 0 Å². The van der Waals surface area contributed by atoms with E-state index in [1.165, 1.54) is 52.1 Å². The molecule has 0 aliphatic heterocycles. The Kier molecular flexibility index (Phi) is 17.8. The fraction of sp³-hybridized carbons (Fsp3) is 0.719. The molecule has 0 radical (unpaired) electrons. The number of carbonyl (C=O) groups excluding carboxylic acids is 1. The molecule has 0 aliphatic rings. The smallest absolute Gasteiger partial charge is 0.338 e. The third kappa shape index (κ3) is 12.2. The first-order valence-electron chi connectivity index (χ1n) is 14.6. The van der Waals surface area contributed by atoms with Crippen LogP contribution in [0, 0.1) is 23.7 Å². The number of benzene rings is 1. The maximum absolute atomic E-state index is 12.4. The summed E-state index contributed by atoms with van der Waals surface area (Å²) in [5.74, 6) is 2.96. The molecule has 3 unspecified atom stereocenters. The summed E-state index contributed by atoms with van der Waals surface area (Å²) in [5, 5.41) is 0. The number of hydrogen-bond acceptors (Lipinski definition) is 6. The second-order valence-electron chi connectivity index (χ2n) is 10.6. The summed E-state index contributed by atoms with van der Waals surface area (Å²) >= 11 is 0. The Hall–Kier alpha value is -2.05. The summed E-state index contributed by atoms with van der Waals surface area (Å²) in [7, 11) is 1.54. The van der Waals surface area contributed by atoms with Crippen molar-refractivity contribution in [3.05, 3.63) is 30.3 Å². The molecule has 0 N–H and O–H groups in total.